The van der Waals surface area contributed by atoms with Gasteiger partial charge in [0.15, 0.2) is 11.5 Å². The predicted molar refractivity (Wildman–Crippen MR) is 59.7 cm³/mol. The van der Waals surface area contributed by atoms with Gasteiger partial charge in [0.1, 0.15) is 6.61 Å². The van der Waals surface area contributed by atoms with Crippen LogP contribution in [-0.4, -0.2) is 12.4 Å². The smallest absolute Gasteiger partial charge is 0.173 e. The molecule has 0 spiro atoms. The molecule has 0 bridgehead atoms. The van der Waals surface area contributed by atoms with Crippen LogP contribution in [0.1, 0.15) is 12.8 Å². The molecule has 1 aliphatic carbocycles. The average Bonchev–Trinajstić information content (AvgIpc) is 2.99. The van der Waals surface area contributed by atoms with Crippen LogP contribution in [0.4, 0.5) is 0 Å². The molecule has 4 heteroatoms. The second-order valence-electron chi connectivity index (χ2n) is 3.58. The molecule has 2 nitrogen and oxygen atoms in total. The maximum absolute atomic E-state index is 11.4. The third kappa shape index (κ3) is 2.64. The van der Waals surface area contributed by atoms with Crippen LogP contribution in [0.25, 0.3) is 0 Å². The molecule has 0 amide bonds. The second kappa shape index (κ2) is 4.42. The lowest BCUT2D eigenvalue weighted by Crippen LogP contribution is -2.13. The van der Waals surface area contributed by atoms with Crippen molar-refractivity contribution in [2.24, 2.45) is 5.92 Å². The lowest BCUT2D eigenvalue weighted by atomic mass is 10.3. The first kappa shape index (κ1) is 10.8. The molecule has 2 rings (SSSR count). The first-order chi connectivity index (χ1) is 7.18. The molecule has 0 heterocycles. The first-order valence-corrected chi connectivity index (χ1v) is 5.53. The molecule has 1 aromatic carbocycles. The third-order valence-corrected chi connectivity index (χ3v) is 2.91. The number of para-hydroxylation sites is 1. The largest absolute Gasteiger partial charge is 0.483 e. The average molecular weight is 245 g/mol. The summed E-state index contributed by atoms with van der Waals surface area (Å²) < 4.78 is 5.32. The van der Waals surface area contributed by atoms with Gasteiger partial charge in [-0.15, -0.1) is 0 Å². The number of halogens is 2. The maximum atomic E-state index is 11.4. The van der Waals surface area contributed by atoms with Crippen molar-refractivity contribution >= 4 is 29.0 Å². The van der Waals surface area contributed by atoms with Crippen LogP contribution in [0.15, 0.2) is 18.2 Å². The topological polar surface area (TPSA) is 26.3 Å². The van der Waals surface area contributed by atoms with Crippen molar-refractivity contribution in [1.29, 1.82) is 0 Å². The van der Waals surface area contributed by atoms with E-state index in [-0.39, 0.29) is 18.3 Å². The number of ketones is 1. The molecule has 0 radical (unpaired) electrons. The molecule has 0 atom stereocenters. The molecule has 1 aliphatic rings. The van der Waals surface area contributed by atoms with Crippen LogP contribution in [0.2, 0.25) is 10.0 Å². The van der Waals surface area contributed by atoms with E-state index >= 15 is 0 Å². The third-order valence-electron chi connectivity index (χ3n) is 2.31. The molecule has 80 valence electrons. The maximum Gasteiger partial charge on any atom is 0.173 e. The number of ether oxygens (including phenoxy) is 1. The van der Waals surface area contributed by atoms with E-state index in [4.69, 9.17) is 27.9 Å². The van der Waals surface area contributed by atoms with Crippen molar-refractivity contribution in [3.63, 3.8) is 0 Å². The Bertz CT molecular complexity index is 366. The fraction of sp³-hybridized carbons (Fsp3) is 0.364. The summed E-state index contributed by atoms with van der Waals surface area (Å²) in [6.07, 6.45) is 1.97. The van der Waals surface area contributed by atoms with Gasteiger partial charge in [0.05, 0.1) is 10.0 Å². The Morgan fingerprint density at radius 3 is 2.47 bits per heavy atom. The zero-order valence-electron chi connectivity index (χ0n) is 8.00. The van der Waals surface area contributed by atoms with Crippen LogP contribution < -0.4 is 4.74 Å². The number of carbonyl (C=O) groups excluding carboxylic acids is 1. The lowest BCUT2D eigenvalue weighted by Gasteiger charge is -2.08. The second-order valence-corrected chi connectivity index (χ2v) is 4.39. The van der Waals surface area contributed by atoms with Gasteiger partial charge in [-0.25, -0.2) is 0 Å². The lowest BCUT2D eigenvalue weighted by molar-refractivity contribution is -0.122. The summed E-state index contributed by atoms with van der Waals surface area (Å²) in [4.78, 5) is 11.4. The Balaban J connectivity index is 2.00. The molecule has 1 fully saturated rings. The standard InChI is InChI=1S/C11H10Cl2O2/c12-8-2-1-3-9(13)11(8)15-6-10(14)7-4-5-7/h1-3,7H,4-6H2. The van der Waals surface area contributed by atoms with E-state index in [1.165, 1.54) is 0 Å². The van der Waals surface area contributed by atoms with Gasteiger partial charge < -0.3 is 4.74 Å². The summed E-state index contributed by atoms with van der Waals surface area (Å²) in [5.41, 5.74) is 0. The molecule has 0 aliphatic heterocycles. The van der Waals surface area contributed by atoms with E-state index in [1.54, 1.807) is 18.2 Å². The molecule has 0 aromatic heterocycles. The van der Waals surface area contributed by atoms with Crippen LogP contribution in [-0.2, 0) is 4.79 Å². The molecular formula is C11H10Cl2O2. The quantitative estimate of drug-likeness (QED) is 0.813. The summed E-state index contributed by atoms with van der Waals surface area (Å²) in [7, 11) is 0. The van der Waals surface area contributed by atoms with E-state index in [9.17, 15) is 4.79 Å². The van der Waals surface area contributed by atoms with Gasteiger partial charge in [-0.1, -0.05) is 29.3 Å². The summed E-state index contributed by atoms with van der Waals surface area (Å²) >= 11 is 11.8. The van der Waals surface area contributed by atoms with Crippen molar-refractivity contribution in [2.75, 3.05) is 6.61 Å². The fourth-order valence-electron chi connectivity index (χ4n) is 1.29. The van der Waals surface area contributed by atoms with Crippen LogP contribution in [0, 0.1) is 5.92 Å². The first-order valence-electron chi connectivity index (χ1n) is 4.78. The fourth-order valence-corrected chi connectivity index (χ4v) is 1.79. The van der Waals surface area contributed by atoms with Gasteiger partial charge in [-0.2, -0.15) is 0 Å². The predicted octanol–water partition coefficient (Wildman–Crippen LogP) is 3.35. The highest BCUT2D eigenvalue weighted by molar-refractivity contribution is 6.37. The normalized spacial score (nSPS) is 15.1. The molecule has 0 unspecified atom stereocenters. The van der Waals surface area contributed by atoms with E-state index in [0.717, 1.165) is 12.8 Å². The monoisotopic (exact) mass is 244 g/mol. The number of hydrogen-bond acceptors (Lipinski definition) is 2. The van der Waals surface area contributed by atoms with Gasteiger partial charge in [0, 0.05) is 5.92 Å². The summed E-state index contributed by atoms with van der Waals surface area (Å²) in [5.74, 6) is 0.729. The minimum absolute atomic E-state index is 0.0636. The van der Waals surface area contributed by atoms with Gasteiger partial charge in [0.25, 0.3) is 0 Å². The van der Waals surface area contributed by atoms with Gasteiger partial charge in [-0.3, -0.25) is 4.79 Å². The van der Waals surface area contributed by atoms with E-state index in [0.29, 0.717) is 15.8 Å². The van der Waals surface area contributed by atoms with Crippen molar-refractivity contribution in [1.82, 2.24) is 0 Å². The number of hydrogen-bond donors (Lipinski definition) is 0. The Labute approximate surface area is 98.1 Å². The van der Waals surface area contributed by atoms with Gasteiger partial charge in [0.2, 0.25) is 0 Å². The number of carbonyl (C=O) groups is 1. The molecule has 15 heavy (non-hydrogen) atoms. The zero-order valence-corrected chi connectivity index (χ0v) is 9.52. The zero-order chi connectivity index (χ0) is 10.8. The Kier molecular flexibility index (Phi) is 3.17. The van der Waals surface area contributed by atoms with Gasteiger partial charge >= 0.3 is 0 Å². The molecule has 0 saturated heterocycles. The molecular weight excluding hydrogens is 235 g/mol. The summed E-state index contributed by atoms with van der Waals surface area (Å²) in [6, 6.07) is 5.11. The van der Waals surface area contributed by atoms with E-state index in [2.05, 4.69) is 0 Å². The van der Waals surface area contributed by atoms with Gasteiger partial charge in [-0.05, 0) is 25.0 Å². The minimum Gasteiger partial charge on any atom is -0.483 e. The molecule has 1 aromatic rings. The van der Waals surface area contributed by atoms with Crippen molar-refractivity contribution in [3.8, 4) is 5.75 Å². The number of rotatable bonds is 4. The SMILES string of the molecule is O=C(COc1c(Cl)cccc1Cl)C1CC1. The Morgan fingerprint density at radius 2 is 1.93 bits per heavy atom. The summed E-state index contributed by atoms with van der Waals surface area (Å²) in [6.45, 7) is 0.0636. The molecule has 1 saturated carbocycles. The van der Waals surface area contributed by atoms with Crippen molar-refractivity contribution < 1.29 is 9.53 Å². The minimum atomic E-state index is 0.0636. The number of benzene rings is 1. The highest BCUT2D eigenvalue weighted by Crippen LogP contribution is 2.34. The Hall–Kier alpha value is -0.730. The highest BCUT2D eigenvalue weighted by atomic mass is 35.5. The highest BCUT2D eigenvalue weighted by Gasteiger charge is 2.29. The Morgan fingerprint density at radius 1 is 1.33 bits per heavy atom. The van der Waals surface area contributed by atoms with Crippen molar-refractivity contribution in [3.05, 3.63) is 28.2 Å². The van der Waals surface area contributed by atoms with E-state index in [1.807, 2.05) is 0 Å². The van der Waals surface area contributed by atoms with E-state index < -0.39 is 0 Å². The molecule has 0 N–H and O–H groups in total. The summed E-state index contributed by atoms with van der Waals surface area (Å²) in [5, 5.41) is 0.872. The van der Waals surface area contributed by atoms with Crippen LogP contribution in [0.3, 0.4) is 0 Å². The van der Waals surface area contributed by atoms with Crippen molar-refractivity contribution in [2.45, 2.75) is 12.8 Å². The van der Waals surface area contributed by atoms with Crippen LogP contribution >= 0.6 is 23.2 Å². The number of Topliss-reactive ketones (excluding diaryl/α,β-unsaturated/α-hetero) is 1. The van der Waals surface area contributed by atoms with Crippen LogP contribution in [0.5, 0.6) is 5.75 Å².